The maximum atomic E-state index is 13.2. The standard InChI is InChI=1S/C24H22N2O2/c1-17-7-5-6-10-21(17)22-23(27)25-15-16-26(22)24(28)20-13-11-19(12-14-20)18-8-3-2-4-9-18/h2-14,22H,15-16H2,1H3,(H,25,27). The van der Waals surface area contributed by atoms with Gasteiger partial charge in [0.1, 0.15) is 6.04 Å². The topological polar surface area (TPSA) is 49.4 Å². The molecule has 1 fully saturated rings. The number of piperazine rings is 1. The van der Waals surface area contributed by atoms with E-state index in [2.05, 4.69) is 5.32 Å². The normalized spacial score (nSPS) is 16.5. The second kappa shape index (κ2) is 7.69. The third kappa shape index (κ3) is 3.41. The largest absolute Gasteiger partial charge is 0.352 e. The second-order valence-corrected chi connectivity index (χ2v) is 6.99. The minimum atomic E-state index is -0.601. The number of hydrogen-bond acceptors (Lipinski definition) is 2. The van der Waals surface area contributed by atoms with E-state index in [0.717, 1.165) is 22.3 Å². The van der Waals surface area contributed by atoms with Crippen LogP contribution in [0.1, 0.15) is 27.5 Å². The van der Waals surface area contributed by atoms with Crippen molar-refractivity contribution in [1.29, 1.82) is 0 Å². The van der Waals surface area contributed by atoms with Gasteiger partial charge < -0.3 is 10.2 Å². The van der Waals surface area contributed by atoms with Gasteiger partial charge in [-0.05, 0) is 41.3 Å². The maximum absolute atomic E-state index is 13.2. The van der Waals surface area contributed by atoms with Crippen LogP contribution in [0.4, 0.5) is 0 Å². The van der Waals surface area contributed by atoms with E-state index in [1.807, 2.05) is 85.8 Å². The SMILES string of the molecule is Cc1ccccc1C1C(=O)NCCN1C(=O)c1ccc(-c2ccccc2)cc1. The van der Waals surface area contributed by atoms with Gasteiger partial charge in [-0.1, -0.05) is 66.7 Å². The van der Waals surface area contributed by atoms with Gasteiger partial charge in [-0.2, -0.15) is 0 Å². The highest BCUT2D eigenvalue weighted by atomic mass is 16.2. The van der Waals surface area contributed by atoms with Crippen molar-refractivity contribution in [3.05, 3.63) is 95.6 Å². The summed E-state index contributed by atoms with van der Waals surface area (Å²) in [4.78, 5) is 27.5. The average molecular weight is 370 g/mol. The number of rotatable bonds is 3. The van der Waals surface area contributed by atoms with E-state index in [4.69, 9.17) is 0 Å². The van der Waals surface area contributed by atoms with E-state index < -0.39 is 6.04 Å². The van der Waals surface area contributed by atoms with Gasteiger partial charge >= 0.3 is 0 Å². The zero-order chi connectivity index (χ0) is 19.5. The van der Waals surface area contributed by atoms with Gasteiger partial charge in [-0.15, -0.1) is 0 Å². The Labute approximate surface area is 164 Å². The van der Waals surface area contributed by atoms with Crippen molar-refractivity contribution in [2.45, 2.75) is 13.0 Å². The molecule has 4 heteroatoms. The van der Waals surface area contributed by atoms with Crippen LogP contribution in [0.2, 0.25) is 0 Å². The quantitative estimate of drug-likeness (QED) is 0.758. The molecule has 3 aromatic rings. The molecule has 2 amide bonds. The first-order valence-corrected chi connectivity index (χ1v) is 9.45. The van der Waals surface area contributed by atoms with Crippen LogP contribution in [0.5, 0.6) is 0 Å². The van der Waals surface area contributed by atoms with Crippen LogP contribution in [0.3, 0.4) is 0 Å². The lowest BCUT2D eigenvalue weighted by Crippen LogP contribution is -2.52. The third-order valence-electron chi connectivity index (χ3n) is 5.19. The summed E-state index contributed by atoms with van der Waals surface area (Å²) in [7, 11) is 0. The molecule has 3 aromatic carbocycles. The second-order valence-electron chi connectivity index (χ2n) is 6.99. The van der Waals surface area contributed by atoms with Gasteiger partial charge in [-0.3, -0.25) is 9.59 Å². The van der Waals surface area contributed by atoms with Crippen LogP contribution >= 0.6 is 0 Å². The number of carbonyl (C=O) groups excluding carboxylic acids is 2. The summed E-state index contributed by atoms with van der Waals surface area (Å²) >= 11 is 0. The first kappa shape index (κ1) is 18.0. The van der Waals surface area contributed by atoms with Crippen LogP contribution in [-0.4, -0.2) is 29.8 Å². The lowest BCUT2D eigenvalue weighted by molar-refractivity contribution is -0.128. The summed E-state index contributed by atoms with van der Waals surface area (Å²) < 4.78 is 0. The number of carbonyl (C=O) groups is 2. The lowest BCUT2D eigenvalue weighted by Gasteiger charge is -2.36. The van der Waals surface area contributed by atoms with Crippen LogP contribution in [0.25, 0.3) is 11.1 Å². The van der Waals surface area contributed by atoms with E-state index in [-0.39, 0.29) is 11.8 Å². The summed E-state index contributed by atoms with van der Waals surface area (Å²) in [6.45, 7) is 2.92. The molecule has 140 valence electrons. The Morgan fingerprint density at radius 1 is 0.893 bits per heavy atom. The predicted molar refractivity (Wildman–Crippen MR) is 110 cm³/mol. The fourth-order valence-corrected chi connectivity index (χ4v) is 3.69. The van der Waals surface area contributed by atoms with Gasteiger partial charge in [0.05, 0.1) is 0 Å². The molecule has 1 atom stereocenters. The van der Waals surface area contributed by atoms with E-state index in [9.17, 15) is 9.59 Å². The molecule has 0 radical (unpaired) electrons. The third-order valence-corrected chi connectivity index (χ3v) is 5.19. The zero-order valence-electron chi connectivity index (χ0n) is 15.8. The summed E-state index contributed by atoms with van der Waals surface area (Å²) in [6, 6.07) is 24.8. The molecule has 4 rings (SSSR count). The average Bonchev–Trinajstić information content (AvgIpc) is 2.74. The van der Waals surface area contributed by atoms with Gasteiger partial charge in [0, 0.05) is 18.7 Å². The first-order valence-electron chi connectivity index (χ1n) is 9.45. The Bertz CT molecular complexity index is 997. The van der Waals surface area contributed by atoms with Gasteiger partial charge in [0.15, 0.2) is 0 Å². The fourth-order valence-electron chi connectivity index (χ4n) is 3.69. The van der Waals surface area contributed by atoms with Crippen LogP contribution in [0.15, 0.2) is 78.9 Å². The van der Waals surface area contributed by atoms with Crippen LogP contribution in [0, 0.1) is 6.92 Å². The lowest BCUT2D eigenvalue weighted by atomic mass is 9.96. The van der Waals surface area contributed by atoms with Crippen molar-refractivity contribution in [2.24, 2.45) is 0 Å². The molecule has 0 saturated carbocycles. The van der Waals surface area contributed by atoms with Crippen LogP contribution < -0.4 is 5.32 Å². The number of benzene rings is 3. The minimum absolute atomic E-state index is 0.122. The van der Waals surface area contributed by atoms with E-state index in [0.29, 0.717) is 18.7 Å². The highest BCUT2D eigenvalue weighted by molar-refractivity contribution is 5.99. The Kier molecular flexibility index (Phi) is 4.94. The summed E-state index contributed by atoms with van der Waals surface area (Å²) in [6.07, 6.45) is 0. The Morgan fingerprint density at radius 2 is 1.54 bits per heavy atom. The molecule has 0 spiro atoms. The molecule has 4 nitrogen and oxygen atoms in total. The maximum Gasteiger partial charge on any atom is 0.254 e. The summed E-state index contributed by atoms with van der Waals surface area (Å²) in [5, 5.41) is 2.89. The van der Waals surface area contributed by atoms with Crippen LogP contribution in [-0.2, 0) is 4.79 Å². The molecule has 1 aliphatic heterocycles. The molecule has 0 bridgehead atoms. The molecule has 1 aliphatic rings. The van der Waals surface area contributed by atoms with Crippen molar-refractivity contribution in [3.63, 3.8) is 0 Å². The van der Waals surface area contributed by atoms with Crippen molar-refractivity contribution in [1.82, 2.24) is 10.2 Å². The smallest absolute Gasteiger partial charge is 0.254 e. The van der Waals surface area contributed by atoms with Crippen molar-refractivity contribution < 1.29 is 9.59 Å². The molecule has 1 saturated heterocycles. The van der Waals surface area contributed by atoms with Crippen molar-refractivity contribution in [3.8, 4) is 11.1 Å². The molecular weight excluding hydrogens is 348 g/mol. The monoisotopic (exact) mass is 370 g/mol. The number of aryl methyl sites for hydroxylation is 1. The minimum Gasteiger partial charge on any atom is -0.352 e. The zero-order valence-corrected chi connectivity index (χ0v) is 15.8. The first-order chi connectivity index (χ1) is 13.6. The van der Waals surface area contributed by atoms with Crippen molar-refractivity contribution >= 4 is 11.8 Å². The van der Waals surface area contributed by atoms with Gasteiger partial charge in [0.2, 0.25) is 5.91 Å². The molecular formula is C24H22N2O2. The predicted octanol–water partition coefficient (Wildman–Crippen LogP) is 3.98. The van der Waals surface area contributed by atoms with Gasteiger partial charge in [-0.25, -0.2) is 0 Å². The molecule has 1 unspecified atom stereocenters. The van der Waals surface area contributed by atoms with E-state index in [1.54, 1.807) is 4.90 Å². The Balaban J connectivity index is 1.64. The highest BCUT2D eigenvalue weighted by Crippen LogP contribution is 2.28. The number of amides is 2. The number of hydrogen-bond donors (Lipinski definition) is 1. The molecule has 0 aromatic heterocycles. The molecule has 0 aliphatic carbocycles. The number of nitrogens with zero attached hydrogens (tertiary/aromatic N) is 1. The van der Waals surface area contributed by atoms with E-state index in [1.165, 1.54) is 0 Å². The van der Waals surface area contributed by atoms with E-state index >= 15 is 0 Å². The Morgan fingerprint density at radius 3 is 2.25 bits per heavy atom. The van der Waals surface area contributed by atoms with Gasteiger partial charge in [0.25, 0.3) is 5.91 Å². The summed E-state index contributed by atoms with van der Waals surface area (Å²) in [5.74, 6) is -0.252. The number of nitrogens with one attached hydrogen (secondary N) is 1. The van der Waals surface area contributed by atoms with Crippen molar-refractivity contribution in [2.75, 3.05) is 13.1 Å². The molecule has 1 N–H and O–H groups in total. The summed E-state index contributed by atoms with van der Waals surface area (Å²) in [5.41, 5.74) is 4.63. The fraction of sp³-hybridized carbons (Fsp3) is 0.167. The Hall–Kier alpha value is -3.40. The highest BCUT2D eigenvalue weighted by Gasteiger charge is 2.35. The molecule has 28 heavy (non-hydrogen) atoms. The molecule has 1 heterocycles.